The molecule has 1 aliphatic rings. The first-order chi connectivity index (χ1) is 11.7. The van der Waals surface area contributed by atoms with Crippen LogP contribution in [0.3, 0.4) is 0 Å². The molecule has 1 aromatic rings. The average Bonchev–Trinajstić information content (AvgIpc) is 2.96. The number of ether oxygens (including phenoxy) is 2. The molecule has 1 aliphatic heterocycles. The van der Waals surface area contributed by atoms with Crippen molar-refractivity contribution in [3.05, 3.63) is 23.2 Å². The second-order valence-electron chi connectivity index (χ2n) is 7.60. The standard InChI is InChI=1S/C19H29ClN2O3/c1-13(21-17-12-15(24-5)8-9-16(17)20)11-14-7-6-10-22(14)18(23)25-19(2,3)4/h8-9,12-14,21H,6-7,10-11H2,1-5H3. The number of amides is 1. The molecule has 1 fully saturated rings. The number of likely N-dealkylation sites (tertiary alicyclic amines) is 1. The predicted octanol–water partition coefficient (Wildman–Crippen LogP) is 4.94. The molecule has 2 atom stereocenters. The maximum absolute atomic E-state index is 12.4. The van der Waals surface area contributed by atoms with E-state index in [0.29, 0.717) is 5.02 Å². The van der Waals surface area contributed by atoms with E-state index in [9.17, 15) is 4.79 Å². The van der Waals surface area contributed by atoms with E-state index >= 15 is 0 Å². The van der Waals surface area contributed by atoms with Gasteiger partial charge in [0, 0.05) is 24.7 Å². The van der Waals surface area contributed by atoms with Crippen molar-refractivity contribution >= 4 is 23.4 Å². The molecule has 1 aromatic carbocycles. The third-order valence-corrected chi connectivity index (χ3v) is 4.54. The summed E-state index contributed by atoms with van der Waals surface area (Å²) in [6.07, 6.45) is 2.63. The van der Waals surface area contributed by atoms with Crippen molar-refractivity contribution in [2.75, 3.05) is 19.0 Å². The Morgan fingerprint density at radius 2 is 2.16 bits per heavy atom. The Bertz CT molecular complexity index is 601. The third kappa shape index (κ3) is 5.70. The molecule has 5 nitrogen and oxygen atoms in total. The van der Waals surface area contributed by atoms with Crippen molar-refractivity contribution in [3.63, 3.8) is 0 Å². The van der Waals surface area contributed by atoms with Crippen LogP contribution in [0, 0.1) is 0 Å². The van der Waals surface area contributed by atoms with Crippen LogP contribution in [-0.4, -0.2) is 42.3 Å². The topological polar surface area (TPSA) is 50.8 Å². The Hall–Kier alpha value is -1.62. The van der Waals surface area contributed by atoms with E-state index in [2.05, 4.69) is 12.2 Å². The molecule has 0 spiro atoms. The monoisotopic (exact) mass is 368 g/mol. The van der Waals surface area contributed by atoms with Gasteiger partial charge in [-0.25, -0.2) is 4.79 Å². The second kappa shape index (κ2) is 8.17. The van der Waals surface area contributed by atoms with Crippen molar-refractivity contribution in [2.24, 2.45) is 0 Å². The molecule has 1 heterocycles. The maximum Gasteiger partial charge on any atom is 0.410 e. The van der Waals surface area contributed by atoms with Gasteiger partial charge in [0.15, 0.2) is 0 Å². The van der Waals surface area contributed by atoms with Gasteiger partial charge in [0.05, 0.1) is 17.8 Å². The number of carbonyl (C=O) groups is 1. The van der Waals surface area contributed by atoms with E-state index in [1.807, 2.05) is 43.9 Å². The Morgan fingerprint density at radius 1 is 1.44 bits per heavy atom. The van der Waals surface area contributed by atoms with Crippen LogP contribution in [-0.2, 0) is 4.74 Å². The fourth-order valence-electron chi connectivity index (χ4n) is 3.12. The minimum atomic E-state index is -0.470. The van der Waals surface area contributed by atoms with Crippen LogP contribution < -0.4 is 10.1 Å². The van der Waals surface area contributed by atoms with Gasteiger partial charge >= 0.3 is 6.09 Å². The molecule has 25 heavy (non-hydrogen) atoms. The first kappa shape index (κ1) is 19.7. The maximum atomic E-state index is 12.4. The lowest BCUT2D eigenvalue weighted by atomic mass is 10.1. The molecule has 0 aromatic heterocycles. The van der Waals surface area contributed by atoms with Crippen molar-refractivity contribution in [1.82, 2.24) is 4.90 Å². The Labute approximate surface area is 155 Å². The zero-order valence-electron chi connectivity index (χ0n) is 15.8. The second-order valence-corrected chi connectivity index (χ2v) is 8.00. The minimum Gasteiger partial charge on any atom is -0.497 e. The number of methoxy groups -OCH3 is 1. The molecule has 0 radical (unpaired) electrons. The summed E-state index contributed by atoms with van der Waals surface area (Å²) in [4.78, 5) is 14.3. The summed E-state index contributed by atoms with van der Waals surface area (Å²) in [6, 6.07) is 5.88. The summed E-state index contributed by atoms with van der Waals surface area (Å²) >= 11 is 6.26. The first-order valence-corrected chi connectivity index (χ1v) is 9.17. The summed E-state index contributed by atoms with van der Waals surface area (Å²) in [5.74, 6) is 0.760. The molecule has 1 amide bonds. The van der Waals surface area contributed by atoms with Gasteiger partial charge in [-0.1, -0.05) is 11.6 Å². The number of hydrogen-bond acceptors (Lipinski definition) is 4. The highest BCUT2D eigenvalue weighted by molar-refractivity contribution is 6.33. The number of rotatable bonds is 5. The number of carbonyl (C=O) groups excluding carboxylic acids is 1. The molecule has 1 saturated heterocycles. The van der Waals surface area contributed by atoms with Gasteiger partial charge in [0.2, 0.25) is 0 Å². The number of anilines is 1. The molecule has 0 saturated carbocycles. The van der Waals surface area contributed by atoms with E-state index < -0.39 is 5.60 Å². The Balaban J connectivity index is 1.97. The van der Waals surface area contributed by atoms with Gasteiger partial charge in [-0.05, 0) is 59.1 Å². The van der Waals surface area contributed by atoms with Crippen LogP contribution in [0.1, 0.15) is 47.0 Å². The molecule has 0 aliphatic carbocycles. The average molecular weight is 369 g/mol. The van der Waals surface area contributed by atoms with E-state index in [1.54, 1.807) is 7.11 Å². The first-order valence-electron chi connectivity index (χ1n) is 8.79. The highest BCUT2D eigenvalue weighted by atomic mass is 35.5. The Kier molecular flexibility index (Phi) is 6.44. The van der Waals surface area contributed by atoms with Crippen LogP contribution >= 0.6 is 11.6 Å². The summed E-state index contributed by atoms with van der Waals surface area (Å²) in [7, 11) is 1.63. The number of halogens is 1. The number of nitrogens with zero attached hydrogens (tertiary/aromatic N) is 1. The van der Waals surface area contributed by atoms with Crippen molar-refractivity contribution in [2.45, 2.75) is 64.6 Å². The zero-order chi connectivity index (χ0) is 18.6. The fourth-order valence-corrected chi connectivity index (χ4v) is 3.29. The van der Waals surface area contributed by atoms with Crippen LogP contribution in [0.2, 0.25) is 5.02 Å². The SMILES string of the molecule is COc1ccc(Cl)c(NC(C)CC2CCCN2C(=O)OC(C)(C)C)c1. The van der Waals surface area contributed by atoms with Crippen molar-refractivity contribution < 1.29 is 14.3 Å². The predicted molar refractivity (Wildman–Crippen MR) is 102 cm³/mol. The smallest absolute Gasteiger partial charge is 0.410 e. The van der Waals surface area contributed by atoms with E-state index in [0.717, 1.165) is 37.2 Å². The summed E-state index contributed by atoms with van der Waals surface area (Å²) in [5, 5.41) is 4.08. The van der Waals surface area contributed by atoms with Crippen LogP contribution in [0.4, 0.5) is 10.5 Å². The van der Waals surface area contributed by atoms with E-state index in [4.69, 9.17) is 21.1 Å². The normalized spacial score (nSPS) is 18.8. The van der Waals surface area contributed by atoms with E-state index in [-0.39, 0.29) is 18.2 Å². The van der Waals surface area contributed by atoms with Gasteiger partial charge in [-0.2, -0.15) is 0 Å². The lowest BCUT2D eigenvalue weighted by Gasteiger charge is -2.30. The van der Waals surface area contributed by atoms with Gasteiger partial charge in [-0.3, -0.25) is 0 Å². The van der Waals surface area contributed by atoms with Crippen molar-refractivity contribution in [3.8, 4) is 5.75 Å². The molecular formula is C19H29ClN2O3. The number of nitrogens with one attached hydrogen (secondary N) is 1. The summed E-state index contributed by atoms with van der Waals surface area (Å²) in [5.41, 5.74) is 0.373. The van der Waals surface area contributed by atoms with Gasteiger partial charge in [0.25, 0.3) is 0 Å². The van der Waals surface area contributed by atoms with Crippen LogP contribution in [0.25, 0.3) is 0 Å². The lowest BCUT2D eigenvalue weighted by Crippen LogP contribution is -2.41. The number of hydrogen-bond donors (Lipinski definition) is 1. The lowest BCUT2D eigenvalue weighted by molar-refractivity contribution is 0.0218. The van der Waals surface area contributed by atoms with Crippen LogP contribution in [0.5, 0.6) is 5.75 Å². The fraction of sp³-hybridized carbons (Fsp3) is 0.632. The molecule has 2 unspecified atom stereocenters. The van der Waals surface area contributed by atoms with Crippen LogP contribution in [0.15, 0.2) is 18.2 Å². The van der Waals surface area contributed by atoms with E-state index in [1.165, 1.54) is 0 Å². The highest BCUT2D eigenvalue weighted by Crippen LogP contribution is 2.29. The molecule has 140 valence electrons. The minimum absolute atomic E-state index is 0.164. The largest absolute Gasteiger partial charge is 0.497 e. The molecule has 6 heteroatoms. The van der Waals surface area contributed by atoms with Crippen molar-refractivity contribution in [1.29, 1.82) is 0 Å². The Morgan fingerprint density at radius 3 is 2.80 bits per heavy atom. The summed E-state index contributed by atoms with van der Waals surface area (Å²) < 4.78 is 10.8. The molecule has 1 N–H and O–H groups in total. The third-order valence-electron chi connectivity index (χ3n) is 4.21. The van der Waals surface area contributed by atoms with Gasteiger partial charge in [0.1, 0.15) is 11.4 Å². The molecular weight excluding hydrogens is 340 g/mol. The van der Waals surface area contributed by atoms with Gasteiger partial charge < -0.3 is 19.7 Å². The quantitative estimate of drug-likeness (QED) is 0.799. The summed E-state index contributed by atoms with van der Waals surface area (Å²) in [6.45, 7) is 8.54. The molecule has 2 rings (SSSR count). The molecule has 0 bridgehead atoms. The number of benzene rings is 1. The highest BCUT2D eigenvalue weighted by Gasteiger charge is 2.32. The zero-order valence-corrected chi connectivity index (χ0v) is 16.5. The van der Waals surface area contributed by atoms with Gasteiger partial charge in [-0.15, -0.1) is 0 Å².